The first-order valence-electron chi connectivity index (χ1n) is 6.92. The Hall–Kier alpha value is -1.09. The molecule has 0 spiro atoms. The van der Waals surface area contributed by atoms with Gasteiger partial charge in [0, 0.05) is 11.7 Å². The van der Waals surface area contributed by atoms with Crippen molar-refractivity contribution in [3.05, 3.63) is 24.0 Å². The Morgan fingerprint density at radius 2 is 1.94 bits per heavy atom. The second-order valence-corrected chi connectivity index (χ2v) is 4.75. The average molecular weight is 250 g/mol. The maximum absolute atomic E-state index is 6.00. The molecule has 102 valence electrons. The number of aryl methyl sites for hydroxylation is 1. The van der Waals surface area contributed by atoms with Crippen molar-refractivity contribution in [2.75, 3.05) is 14.1 Å². The zero-order valence-corrected chi connectivity index (χ0v) is 12.3. The fourth-order valence-corrected chi connectivity index (χ4v) is 2.33. The van der Waals surface area contributed by atoms with Gasteiger partial charge in [-0.05, 0) is 52.4 Å². The second kappa shape index (κ2) is 7.37. The normalized spacial score (nSPS) is 22.6. The monoisotopic (exact) mass is 250 g/mol. The predicted molar refractivity (Wildman–Crippen MR) is 76.1 cm³/mol. The lowest BCUT2D eigenvalue weighted by Gasteiger charge is -2.26. The molecule has 1 aliphatic rings. The molecule has 0 aliphatic heterocycles. The van der Waals surface area contributed by atoms with Crippen LogP contribution < -0.4 is 4.74 Å². The first-order chi connectivity index (χ1) is 8.66. The van der Waals surface area contributed by atoms with E-state index in [4.69, 9.17) is 4.74 Å². The highest BCUT2D eigenvalue weighted by molar-refractivity contribution is 5.19. The smallest absolute Gasteiger partial charge is 0.138 e. The molecular weight excluding hydrogens is 224 g/mol. The molecule has 2 atom stereocenters. The van der Waals surface area contributed by atoms with Gasteiger partial charge in [-0.2, -0.15) is 0 Å². The summed E-state index contributed by atoms with van der Waals surface area (Å²) < 4.78 is 6.00. The fourth-order valence-electron chi connectivity index (χ4n) is 2.33. The van der Waals surface area contributed by atoms with Crippen LogP contribution in [-0.2, 0) is 0 Å². The van der Waals surface area contributed by atoms with E-state index in [1.807, 2.05) is 39.1 Å². The number of ether oxygens (including phenoxy) is 1. The molecule has 0 N–H and O–H groups in total. The highest BCUT2D eigenvalue weighted by atomic mass is 16.5. The number of nitrogens with zero attached hydrogens (tertiary/aromatic N) is 2. The molecule has 0 bridgehead atoms. The summed E-state index contributed by atoms with van der Waals surface area (Å²) in [5.74, 6) is 0.893. The molecule has 1 aliphatic carbocycles. The minimum Gasteiger partial charge on any atom is -0.487 e. The van der Waals surface area contributed by atoms with Crippen LogP contribution in [0.2, 0.25) is 0 Å². The number of hydrogen-bond acceptors (Lipinski definition) is 3. The molecule has 1 aromatic rings. The largest absolute Gasteiger partial charge is 0.487 e. The van der Waals surface area contributed by atoms with Gasteiger partial charge >= 0.3 is 0 Å². The molecule has 3 heteroatoms. The Labute approximate surface area is 111 Å². The molecule has 1 heterocycles. The average Bonchev–Trinajstić information content (AvgIpc) is 2.83. The standard InChI is InChI=1S/C13H20N2O.C2H6/c1-10-7-8-11(9-14-10)16-13-6-4-5-12(13)15(2)3;1-2/h7-9,12-13H,4-6H2,1-3H3;1-2H3. The van der Waals surface area contributed by atoms with Crippen LogP contribution in [0, 0.1) is 6.92 Å². The third kappa shape index (κ3) is 3.98. The van der Waals surface area contributed by atoms with Crippen molar-refractivity contribution in [2.45, 2.75) is 52.2 Å². The molecule has 2 unspecified atom stereocenters. The number of hydrogen-bond donors (Lipinski definition) is 0. The van der Waals surface area contributed by atoms with Gasteiger partial charge in [-0.3, -0.25) is 4.98 Å². The van der Waals surface area contributed by atoms with Crippen LogP contribution in [0.5, 0.6) is 5.75 Å². The summed E-state index contributed by atoms with van der Waals surface area (Å²) >= 11 is 0. The van der Waals surface area contributed by atoms with Gasteiger partial charge in [0.15, 0.2) is 0 Å². The summed E-state index contributed by atoms with van der Waals surface area (Å²) in [7, 11) is 4.25. The summed E-state index contributed by atoms with van der Waals surface area (Å²) in [5.41, 5.74) is 1.03. The van der Waals surface area contributed by atoms with E-state index >= 15 is 0 Å². The van der Waals surface area contributed by atoms with E-state index in [0.29, 0.717) is 12.1 Å². The van der Waals surface area contributed by atoms with E-state index < -0.39 is 0 Å². The molecule has 0 aromatic carbocycles. The number of pyridine rings is 1. The molecule has 0 radical (unpaired) electrons. The lowest BCUT2D eigenvalue weighted by molar-refractivity contribution is 0.121. The van der Waals surface area contributed by atoms with E-state index in [1.54, 1.807) is 0 Å². The number of likely N-dealkylation sites (N-methyl/N-ethyl adjacent to an activating group) is 1. The summed E-state index contributed by atoms with van der Waals surface area (Å²) in [4.78, 5) is 6.52. The summed E-state index contributed by atoms with van der Waals surface area (Å²) in [5, 5.41) is 0. The molecule has 1 fully saturated rings. The third-order valence-electron chi connectivity index (χ3n) is 3.25. The van der Waals surface area contributed by atoms with Crippen LogP contribution in [0.1, 0.15) is 38.8 Å². The van der Waals surface area contributed by atoms with Gasteiger partial charge in [0.2, 0.25) is 0 Å². The van der Waals surface area contributed by atoms with Gasteiger partial charge in [0.25, 0.3) is 0 Å². The second-order valence-electron chi connectivity index (χ2n) is 4.75. The minimum absolute atomic E-state index is 0.319. The quantitative estimate of drug-likeness (QED) is 0.823. The van der Waals surface area contributed by atoms with Crippen LogP contribution in [0.4, 0.5) is 0 Å². The maximum Gasteiger partial charge on any atom is 0.138 e. The van der Waals surface area contributed by atoms with Crippen molar-refractivity contribution < 1.29 is 4.74 Å². The molecular formula is C15H26N2O. The maximum atomic E-state index is 6.00. The Kier molecular flexibility index (Phi) is 6.13. The van der Waals surface area contributed by atoms with E-state index in [1.165, 1.54) is 12.8 Å². The van der Waals surface area contributed by atoms with Gasteiger partial charge in [0.05, 0.1) is 6.20 Å². The Morgan fingerprint density at radius 3 is 2.50 bits per heavy atom. The van der Waals surface area contributed by atoms with Gasteiger partial charge in [-0.15, -0.1) is 0 Å². The van der Waals surface area contributed by atoms with Crippen LogP contribution in [0.25, 0.3) is 0 Å². The number of rotatable bonds is 3. The van der Waals surface area contributed by atoms with Crippen molar-refractivity contribution >= 4 is 0 Å². The topological polar surface area (TPSA) is 25.4 Å². The zero-order valence-electron chi connectivity index (χ0n) is 12.3. The fraction of sp³-hybridized carbons (Fsp3) is 0.667. The van der Waals surface area contributed by atoms with Crippen LogP contribution in [-0.4, -0.2) is 36.1 Å². The lowest BCUT2D eigenvalue weighted by Crippen LogP contribution is -2.38. The lowest BCUT2D eigenvalue weighted by atomic mass is 10.2. The first-order valence-corrected chi connectivity index (χ1v) is 6.92. The Bertz CT molecular complexity index is 335. The van der Waals surface area contributed by atoms with Crippen molar-refractivity contribution in [3.63, 3.8) is 0 Å². The molecule has 1 saturated carbocycles. The van der Waals surface area contributed by atoms with Gasteiger partial charge < -0.3 is 9.64 Å². The summed E-state index contributed by atoms with van der Waals surface area (Å²) in [6.45, 7) is 5.99. The van der Waals surface area contributed by atoms with Gasteiger partial charge in [-0.25, -0.2) is 0 Å². The van der Waals surface area contributed by atoms with Crippen LogP contribution in [0.3, 0.4) is 0 Å². The minimum atomic E-state index is 0.319. The summed E-state index contributed by atoms with van der Waals surface area (Å²) in [6.07, 6.45) is 5.78. The van der Waals surface area contributed by atoms with Crippen molar-refractivity contribution in [1.29, 1.82) is 0 Å². The summed E-state index contributed by atoms with van der Waals surface area (Å²) in [6, 6.07) is 4.55. The molecule has 0 amide bonds. The first kappa shape index (κ1) is 15.0. The Morgan fingerprint density at radius 1 is 1.22 bits per heavy atom. The highest BCUT2D eigenvalue weighted by Crippen LogP contribution is 2.26. The van der Waals surface area contributed by atoms with Crippen molar-refractivity contribution in [3.8, 4) is 5.75 Å². The zero-order chi connectivity index (χ0) is 13.5. The van der Waals surface area contributed by atoms with E-state index in [0.717, 1.165) is 17.9 Å². The number of aromatic nitrogens is 1. The highest BCUT2D eigenvalue weighted by Gasteiger charge is 2.30. The van der Waals surface area contributed by atoms with Crippen LogP contribution in [0.15, 0.2) is 18.3 Å². The predicted octanol–water partition coefficient (Wildman–Crippen LogP) is 3.28. The molecule has 2 rings (SSSR count). The molecule has 0 saturated heterocycles. The SMILES string of the molecule is CC.Cc1ccc(OC2CCCC2N(C)C)cn1. The molecule has 3 nitrogen and oxygen atoms in total. The third-order valence-corrected chi connectivity index (χ3v) is 3.25. The van der Waals surface area contributed by atoms with E-state index in [-0.39, 0.29) is 0 Å². The Balaban J connectivity index is 0.000000771. The van der Waals surface area contributed by atoms with E-state index in [2.05, 4.69) is 24.0 Å². The molecule has 18 heavy (non-hydrogen) atoms. The van der Waals surface area contributed by atoms with Crippen LogP contribution >= 0.6 is 0 Å². The van der Waals surface area contributed by atoms with Gasteiger partial charge in [0.1, 0.15) is 11.9 Å². The van der Waals surface area contributed by atoms with Gasteiger partial charge in [-0.1, -0.05) is 13.8 Å². The molecule has 1 aromatic heterocycles. The van der Waals surface area contributed by atoms with Crippen molar-refractivity contribution in [1.82, 2.24) is 9.88 Å². The van der Waals surface area contributed by atoms with Crippen molar-refractivity contribution in [2.24, 2.45) is 0 Å². The van der Waals surface area contributed by atoms with E-state index in [9.17, 15) is 0 Å².